The van der Waals surface area contributed by atoms with Crippen LogP contribution in [0.4, 0.5) is 0 Å². The molecule has 2 N–H and O–H groups in total. The molecule has 0 aliphatic rings. The molecule has 0 amide bonds. The maximum absolute atomic E-state index is 11.8. The van der Waals surface area contributed by atoms with E-state index in [1.807, 2.05) is 81.9 Å². The van der Waals surface area contributed by atoms with Crippen LogP contribution >= 0.6 is 0 Å². The van der Waals surface area contributed by atoms with E-state index in [-0.39, 0.29) is 9.79 Å². The lowest BCUT2D eigenvalue weighted by molar-refractivity contribution is 0.597. The number of nitrogens with zero attached hydrogens (tertiary/aromatic N) is 6. The van der Waals surface area contributed by atoms with Crippen LogP contribution in [-0.4, -0.2) is 52.2 Å². The number of benzene rings is 6. The third-order valence-electron chi connectivity index (χ3n) is 10.3. The molecule has 62 heavy (non-hydrogen) atoms. The number of nitrogens with two attached hydrogens (primary N) is 1. The van der Waals surface area contributed by atoms with Gasteiger partial charge in [-0.2, -0.15) is 0 Å². The first-order valence-electron chi connectivity index (χ1n) is 19.4. The summed E-state index contributed by atoms with van der Waals surface area (Å²) in [7, 11) is -7.02. The second-order valence-electron chi connectivity index (χ2n) is 14.4. The van der Waals surface area contributed by atoms with Crippen LogP contribution in [0.25, 0.3) is 78.7 Å². The summed E-state index contributed by atoms with van der Waals surface area (Å²) in [6.45, 7) is 0. The standard InChI is InChI=1S/C25H19N3O2S.C24H18N4O2S/c1-31(29,30)22-15-11-20(12-16-22)25-27-24-23(8-5-17-26-24)28(25)21-13-9-19(10-14-21)18-6-3-2-4-7-18;25-31(29,30)21-14-10-19(11-15-21)23-27-22-7-4-16-26-24(22)28(23)20-12-8-18(9-13-20)17-5-2-1-3-6-17/h2-17H,1H3;1-16H,(H2,25,29,30). The monoisotopic (exact) mass is 851 g/mol. The van der Waals surface area contributed by atoms with Gasteiger partial charge in [0.15, 0.2) is 21.1 Å². The Morgan fingerprint density at radius 1 is 0.435 bits per heavy atom. The topological polar surface area (TPSA) is 156 Å². The molecule has 13 heteroatoms. The Kier molecular flexibility index (Phi) is 10.6. The summed E-state index contributed by atoms with van der Waals surface area (Å²) in [6, 6.07) is 57.6. The van der Waals surface area contributed by atoms with Gasteiger partial charge in [-0.1, -0.05) is 84.9 Å². The van der Waals surface area contributed by atoms with E-state index in [9.17, 15) is 16.8 Å². The van der Waals surface area contributed by atoms with Gasteiger partial charge < -0.3 is 0 Å². The van der Waals surface area contributed by atoms with E-state index in [1.165, 1.54) is 18.4 Å². The van der Waals surface area contributed by atoms with Crippen LogP contribution < -0.4 is 5.14 Å². The van der Waals surface area contributed by atoms with Gasteiger partial charge in [-0.05, 0) is 119 Å². The molecule has 6 aromatic carbocycles. The Morgan fingerprint density at radius 2 is 0.887 bits per heavy atom. The molecule has 10 rings (SSSR count). The van der Waals surface area contributed by atoms with Gasteiger partial charge in [0.25, 0.3) is 0 Å². The first-order chi connectivity index (χ1) is 30.0. The number of aromatic nitrogens is 6. The molecule has 0 aliphatic carbocycles. The number of imidazole rings is 2. The Labute approximate surface area is 358 Å². The second-order valence-corrected chi connectivity index (χ2v) is 18.0. The van der Waals surface area contributed by atoms with Gasteiger partial charge in [0.05, 0.1) is 15.3 Å². The zero-order valence-corrected chi connectivity index (χ0v) is 34.8. The van der Waals surface area contributed by atoms with Gasteiger partial charge in [-0.3, -0.25) is 9.13 Å². The molecule has 0 saturated carbocycles. The number of primary sulfonamides is 1. The van der Waals surface area contributed by atoms with E-state index in [1.54, 1.807) is 48.8 Å². The lowest BCUT2D eigenvalue weighted by atomic mass is 10.1. The molecule has 10 aromatic rings. The van der Waals surface area contributed by atoms with Crippen molar-refractivity contribution in [3.63, 3.8) is 0 Å². The van der Waals surface area contributed by atoms with Crippen molar-refractivity contribution in [3.05, 3.63) is 194 Å². The van der Waals surface area contributed by atoms with Crippen LogP contribution in [0, 0.1) is 0 Å². The van der Waals surface area contributed by atoms with Gasteiger partial charge in [-0.25, -0.2) is 41.9 Å². The molecular weight excluding hydrogens is 815 g/mol. The number of hydrogen-bond donors (Lipinski definition) is 1. The van der Waals surface area contributed by atoms with Crippen molar-refractivity contribution < 1.29 is 16.8 Å². The molecule has 0 radical (unpaired) electrons. The zero-order valence-electron chi connectivity index (χ0n) is 33.2. The largest absolute Gasteiger partial charge is 0.291 e. The van der Waals surface area contributed by atoms with Crippen molar-refractivity contribution in [2.75, 3.05) is 6.26 Å². The molecule has 0 aliphatic heterocycles. The highest BCUT2D eigenvalue weighted by molar-refractivity contribution is 7.90. The number of sulfone groups is 1. The Bertz CT molecular complexity index is 3180. The maximum Gasteiger partial charge on any atom is 0.238 e. The molecule has 0 spiro atoms. The highest BCUT2D eigenvalue weighted by atomic mass is 32.2. The van der Waals surface area contributed by atoms with Crippen LogP contribution in [0.2, 0.25) is 0 Å². The summed E-state index contributed by atoms with van der Waals surface area (Å²) in [5.74, 6) is 1.38. The first-order valence-corrected chi connectivity index (χ1v) is 22.9. The van der Waals surface area contributed by atoms with Crippen LogP contribution in [0.5, 0.6) is 0 Å². The molecule has 11 nitrogen and oxygen atoms in total. The summed E-state index contributed by atoms with van der Waals surface area (Å²) in [5, 5.41) is 5.23. The van der Waals surface area contributed by atoms with E-state index in [0.29, 0.717) is 17.3 Å². The summed E-state index contributed by atoms with van der Waals surface area (Å²) in [6.07, 6.45) is 4.65. The van der Waals surface area contributed by atoms with Crippen molar-refractivity contribution in [2.24, 2.45) is 5.14 Å². The normalized spacial score (nSPS) is 11.6. The van der Waals surface area contributed by atoms with E-state index in [2.05, 4.69) is 70.6 Å². The number of rotatable bonds is 8. The smallest absolute Gasteiger partial charge is 0.238 e. The molecule has 0 fully saturated rings. The number of hydrogen-bond acceptors (Lipinski definition) is 8. The SMILES string of the molecule is CS(=O)(=O)c1ccc(-c2nc3ncccc3n2-c2ccc(-c3ccccc3)cc2)cc1.NS(=O)(=O)c1ccc(-c2nc3cccnc3n2-c2ccc(-c3ccccc3)cc2)cc1. The summed E-state index contributed by atoms with van der Waals surface area (Å²) >= 11 is 0. The fourth-order valence-corrected chi connectivity index (χ4v) is 8.38. The Morgan fingerprint density at radius 3 is 1.42 bits per heavy atom. The number of sulfonamides is 1. The Hall–Kier alpha value is -7.58. The zero-order chi connectivity index (χ0) is 42.8. The Balaban J connectivity index is 0.000000158. The van der Waals surface area contributed by atoms with Crippen molar-refractivity contribution in [1.82, 2.24) is 29.1 Å². The van der Waals surface area contributed by atoms with Crippen LogP contribution in [0.15, 0.2) is 204 Å². The lowest BCUT2D eigenvalue weighted by Gasteiger charge is -2.11. The number of pyridine rings is 2. The van der Waals surface area contributed by atoms with Gasteiger partial charge in [0.2, 0.25) is 10.0 Å². The number of fused-ring (bicyclic) bond motifs is 2. The van der Waals surface area contributed by atoms with Gasteiger partial charge in [-0.15, -0.1) is 0 Å². The average molecular weight is 852 g/mol. The molecule has 304 valence electrons. The highest BCUT2D eigenvalue weighted by Gasteiger charge is 2.18. The van der Waals surface area contributed by atoms with E-state index in [4.69, 9.17) is 15.1 Å². The maximum atomic E-state index is 11.8. The van der Waals surface area contributed by atoms with Crippen LogP contribution in [0.3, 0.4) is 0 Å². The lowest BCUT2D eigenvalue weighted by Crippen LogP contribution is -2.11. The molecule has 0 unspecified atom stereocenters. The van der Waals surface area contributed by atoms with E-state index < -0.39 is 19.9 Å². The third kappa shape index (κ3) is 8.15. The first kappa shape index (κ1) is 39.9. The van der Waals surface area contributed by atoms with Crippen molar-refractivity contribution in [2.45, 2.75) is 9.79 Å². The quantitative estimate of drug-likeness (QED) is 0.159. The minimum Gasteiger partial charge on any atom is -0.291 e. The summed E-state index contributed by atoms with van der Waals surface area (Å²) in [4.78, 5) is 18.8. The van der Waals surface area contributed by atoms with E-state index in [0.717, 1.165) is 61.4 Å². The average Bonchev–Trinajstić information content (AvgIpc) is 3.89. The van der Waals surface area contributed by atoms with Gasteiger partial charge in [0, 0.05) is 41.2 Å². The van der Waals surface area contributed by atoms with Gasteiger partial charge >= 0.3 is 0 Å². The molecule has 4 aromatic heterocycles. The molecule has 4 heterocycles. The fourth-order valence-electron chi connectivity index (χ4n) is 7.23. The minimum atomic E-state index is -3.76. The van der Waals surface area contributed by atoms with Gasteiger partial charge in [0.1, 0.15) is 17.2 Å². The van der Waals surface area contributed by atoms with Crippen LogP contribution in [0.1, 0.15) is 0 Å². The van der Waals surface area contributed by atoms with Crippen molar-refractivity contribution in [3.8, 4) is 56.4 Å². The minimum absolute atomic E-state index is 0.0595. The summed E-state index contributed by atoms with van der Waals surface area (Å²) < 4.78 is 50.9. The molecule has 0 saturated heterocycles. The molecule has 0 atom stereocenters. The predicted molar refractivity (Wildman–Crippen MR) is 244 cm³/mol. The van der Waals surface area contributed by atoms with Crippen molar-refractivity contribution in [1.29, 1.82) is 0 Å². The highest BCUT2D eigenvalue weighted by Crippen LogP contribution is 2.32. The van der Waals surface area contributed by atoms with Crippen molar-refractivity contribution >= 4 is 42.2 Å². The van der Waals surface area contributed by atoms with Crippen LogP contribution in [-0.2, 0) is 19.9 Å². The third-order valence-corrected chi connectivity index (χ3v) is 12.4. The molecular formula is C49H37N7O4S2. The predicted octanol–water partition coefficient (Wildman–Crippen LogP) is 9.56. The fraction of sp³-hybridized carbons (Fsp3) is 0.0204. The molecule has 0 bridgehead atoms. The van der Waals surface area contributed by atoms with E-state index >= 15 is 0 Å². The summed E-state index contributed by atoms with van der Waals surface area (Å²) in [5.41, 5.74) is 11.0. The second kappa shape index (κ2) is 16.5.